The highest BCUT2D eigenvalue weighted by Crippen LogP contribution is 2.37. The van der Waals surface area contributed by atoms with Gasteiger partial charge in [-0.3, -0.25) is 4.79 Å². The molecular weight excluding hydrogens is 336 g/mol. The van der Waals surface area contributed by atoms with E-state index in [0.717, 1.165) is 43.0 Å². The molecule has 5 nitrogen and oxygen atoms in total. The third-order valence-corrected chi connectivity index (χ3v) is 5.08. The number of para-hydroxylation sites is 1. The van der Waals surface area contributed by atoms with Crippen LogP contribution in [-0.2, 0) is 24.1 Å². The number of hydrogen-bond donors (Lipinski definition) is 1. The van der Waals surface area contributed by atoms with Crippen LogP contribution in [-0.4, -0.2) is 20.7 Å². The summed E-state index contributed by atoms with van der Waals surface area (Å²) in [5, 5.41) is 11.9. The van der Waals surface area contributed by atoms with E-state index >= 15 is 0 Å². The lowest BCUT2D eigenvalue weighted by molar-refractivity contribution is -0.116. The molecule has 0 unspecified atom stereocenters. The predicted molar refractivity (Wildman–Crippen MR) is 109 cm³/mol. The molecule has 1 N–H and O–H groups in total. The van der Waals surface area contributed by atoms with Crippen molar-refractivity contribution in [3.63, 3.8) is 0 Å². The average Bonchev–Trinajstić information content (AvgIpc) is 3.40. The lowest BCUT2D eigenvalue weighted by Crippen LogP contribution is -2.15. The van der Waals surface area contributed by atoms with Crippen molar-refractivity contribution in [2.24, 2.45) is 5.92 Å². The Morgan fingerprint density at radius 2 is 1.85 bits per heavy atom. The first-order chi connectivity index (χ1) is 13.1. The lowest BCUT2D eigenvalue weighted by Gasteiger charge is -2.12. The second kappa shape index (κ2) is 9.16. The highest BCUT2D eigenvalue weighted by molar-refractivity contribution is 5.91. The van der Waals surface area contributed by atoms with Gasteiger partial charge >= 0.3 is 0 Å². The monoisotopic (exact) mass is 368 g/mol. The number of benzene rings is 1. The Bertz CT molecular complexity index is 761. The average molecular weight is 369 g/mol. The van der Waals surface area contributed by atoms with Crippen LogP contribution in [0.25, 0.3) is 0 Å². The molecular formula is C22H32N4O. The molecule has 0 saturated heterocycles. The maximum absolute atomic E-state index is 12.5. The molecule has 3 rings (SSSR count). The van der Waals surface area contributed by atoms with E-state index < -0.39 is 0 Å². The number of nitrogens with zero attached hydrogens (tertiary/aromatic N) is 3. The van der Waals surface area contributed by atoms with Crippen molar-refractivity contribution in [2.45, 2.75) is 78.2 Å². The number of hydrogen-bond acceptors (Lipinski definition) is 3. The Morgan fingerprint density at radius 1 is 1.15 bits per heavy atom. The van der Waals surface area contributed by atoms with Gasteiger partial charge in [0, 0.05) is 31.0 Å². The third kappa shape index (κ3) is 5.41. The molecule has 1 aromatic carbocycles. The minimum Gasteiger partial charge on any atom is -0.326 e. The number of amides is 1. The van der Waals surface area contributed by atoms with Crippen molar-refractivity contribution < 1.29 is 4.79 Å². The van der Waals surface area contributed by atoms with E-state index in [0.29, 0.717) is 24.8 Å². The maximum Gasteiger partial charge on any atom is 0.224 e. The topological polar surface area (TPSA) is 59.8 Å². The molecule has 0 aliphatic heterocycles. The summed E-state index contributed by atoms with van der Waals surface area (Å²) in [6, 6.07) is 8.62. The number of carbonyl (C=O) groups excluding carboxylic acids is 1. The van der Waals surface area contributed by atoms with Crippen LogP contribution in [0.1, 0.15) is 76.1 Å². The van der Waals surface area contributed by atoms with Gasteiger partial charge in [-0.25, -0.2) is 0 Å². The van der Waals surface area contributed by atoms with Gasteiger partial charge < -0.3 is 9.88 Å². The standard InChI is InChI=1S/C22H32N4O/c1-4-7-17-8-5-6-9-19(17)23-22(27)15-14-21-25-24-20(13-10-16(2)3)26(21)18-11-12-18/h5-6,8-9,16,18H,4,7,10-15H2,1-3H3,(H,23,27). The van der Waals surface area contributed by atoms with Gasteiger partial charge in [0.2, 0.25) is 5.91 Å². The van der Waals surface area contributed by atoms with Crippen LogP contribution in [0.2, 0.25) is 0 Å². The summed E-state index contributed by atoms with van der Waals surface area (Å²) in [7, 11) is 0. The van der Waals surface area contributed by atoms with E-state index in [-0.39, 0.29) is 5.91 Å². The number of aryl methyl sites for hydroxylation is 3. The smallest absolute Gasteiger partial charge is 0.224 e. The molecule has 27 heavy (non-hydrogen) atoms. The Labute approximate surface area is 162 Å². The Kier molecular flexibility index (Phi) is 6.64. The van der Waals surface area contributed by atoms with Gasteiger partial charge in [0.15, 0.2) is 0 Å². The first-order valence-corrected chi connectivity index (χ1v) is 10.4. The molecule has 1 amide bonds. The van der Waals surface area contributed by atoms with Crippen LogP contribution in [0, 0.1) is 5.92 Å². The zero-order valence-corrected chi connectivity index (χ0v) is 16.9. The summed E-state index contributed by atoms with van der Waals surface area (Å²) in [6.45, 7) is 6.62. The molecule has 5 heteroatoms. The van der Waals surface area contributed by atoms with Crippen molar-refractivity contribution in [1.82, 2.24) is 14.8 Å². The van der Waals surface area contributed by atoms with E-state index in [4.69, 9.17) is 0 Å². The molecule has 1 fully saturated rings. The zero-order chi connectivity index (χ0) is 19.2. The van der Waals surface area contributed by atoms with Gasteiger partial charge in [-0.2, -0.15) is 0 Å². The molecule has 1 heterocycles. The fraction of sp³-hybridized carbons (Fsp3) is 0.591. The second-order valence-electron chi connectivity index (χ2n) is 8.02. The maximum atomic E-state index is 12.5. The van der Waals surface area contributed by atoms with Gasteiger partial charge in [-0.05, 0) is 43.2 Å². The van der Waals surface area contributed by atoms with Gasteiger partial charge in [-0.1, -0.05) is 45.4 Å². The van der Waals surface area contributed by atoms with Gasteiger partial charge in [0.25, 0.3) is 0 Å². The van der Waals surface area contributed by atoms with Crippen LogP contribution in [0.15, 0.2) is 24.3 Å². The van der Waals surface area contributed by atoms with Crippen molar-refractivity contribution in [3.8, 4) is 0 Å². The number of nitrogens with one attached hydrogen (secondary N) is 1. The SMILES string of the molecule is CCCc1ccccc1NC(=O)CCc1nnc(CCC(C)C)n1C1CC1. The number of aromatic nitrogens is 3. The van der Waals surface area contributed by atoms with E-state index in [9.17, 15) is 4.79 Å². The highest BCUT2D eigenvalue weighted by atomic mass is 16.1. The summed E-state index contributed by atoms with van der Waals surface area (Å²) in [5.74, 6) is 2.77. The Morgan fingerprint density at radius 3 is 2.52 bits per heavy atom. The minimum absolute atomic E-state index is 0.0487. The van der Waals surface area contributed by atoms with E-state index in [1.54, 1.807) is 0 Å². The Balaban J connectivity index is 1.61. The fourth-order valence-electron chi connectivity index (χ4n) is 3.44. The summed E-state index contributed by atoms with van der Waals surface area (Å²) in [5.41, 5.74) is 2.14. The third-order valence-electron chi connectivity index (χ3n) is 5.08. The summed E-state index contributed by atoms with van der Waals surface area (Å²) >= 11 is 0. The predicted octanol–water partition coefficient (Wildman–Crippen LogP) is 4.73. The van der Waals surface area contributed by atoms with Crippen molar-refractivity contribution in [1.29, 1.82) is 0 Å². The number of carbonyl (C=O) groups is 1. The Hall–Kier alpha value is -2.17. The van der Waals surface area contributed by atoms with E-state index in [2.05, 4.69) is 46.9 Å². The first-order valence-electron chi connectivity index (χ1n) is 10.4. The van der Waals surface area contributed by atoms with Crippen LogP contribution in [0.4, 0.5) is 5.69 Å². The molecule has 1 aromatic heterocycles. The second-order valence-corrected chi connectivity index (χ2v) is 8.02. The van der Waals surface area contributed by atoms with E-state index in [1.165, 1.54) is 18.4 Å². The number of rotatable bonds is 10. The molecule has 1 saturated carbocycles. The summed E-state index contributed by atoms with van der Waals surface area (Å²) in [4.78, 5) is 12.5. The highest BCUT2D eigenvalue weighted by Gasteiger charge is 2.29. The van der Waals surface area contributed by atoms with Crippen LogP contribution in [0.3, 0.4) is 0 Å². The molecule has 1 aliphatic rings. The van der Waals surface area contributed by atoms with E-state index in [1.807, 2.05) is 18.2 Å². The summed E-state index contributed by atoms with van der Waals surface area (Å²) < 4.78 is 2.31. The van der Waals surface area contributed by atoms with Crippen molar-refractivity contribution in [2.75, 3.05) is 5.32 Å². The minimum atomic E-state index is 0.0487. The fourth-order valence-corrected chi connectivity index (χ4v) is 3.44. The zero-order valence-electron chi connectivity index (χ0n) is 16.9. The summed E-state index contributed by atoms with van der Waals surface area (Å²) in [6.07, 6.45) is 7.63. The first kappa shape index (κ1) is 19.6. The van der Waals surface area contributed by atoms with Gasteiger partial charge in [-0.15, -0.1) is 10.2 Å². The molecule has 1 aliphatic carbocycles. The molecule has 0 bridgehead atoms. The number of anilines is 1. The molecule has 0 spiro atoms. The van der Waals surface area contributed by atoms with Crippen molar-refractivity contribution >= 4 is 11.6 Å². The normalized spacial score (nSPS) is 13.9. The molecule has 2 aromatic rings. The van der Waals surface area contributed by atoms with Crippen molar-refractivity contribution in [3.05, 3.63) is 41.5 Å². The lowest BCUT2D eigenvalue weighted by atomic mass is 10.1. The molecule has 0 atom stereocenters. The van der Waals surface area contributed by atoms with Crippen LogP contribution >= 0.6 is 0 Å². The van der Waals surface area contributed by atoms with Crippen LogP contribution < -0.4 is 5.32 Å². The largest absolute Gasteiger partial charge is 0.326 e. The van der Waals surface area contributed by atoms with Gasteiger partial charge in [0.1, 0.15) is 11.6 Å². The quantitative estimate of drug-likeness (QED) is 0.660. The molecule has 0 radical (unpaired) electrons. The van der Waals surface area contributed by atoms with Gasteiger partial charge in [0.05, 0.1) is 0 Å². The van der Waals surface area contributed by atoms with Crippen LogP contribution in [0.5, 0.6) is 0 Å². The molecule has 146 valence electrons.